The van der Waals surface area contributed by atoms with Crippen molar-refractivity contribution >= 4 is 16.9 Å². The van der Waals surface area contributed by atoms with Crippen LogP contribution in [-0.4, -0.2) is 29.5 Å². The van der Waals surface area contributed by atoms with E-state index in [1.54, 1.807) is 28.8 Å². The van der Waals surface area contributed by atoms with Crippen molar-refractivity contribution < 1.29 is 24.1 Å². The third kappa shape index (κ3) is 4.48. The minimum absolute atomic E-state index is 0.0474. The molecule has 4 rings (SSSR count). The molecule has 0 fully saturated rings. The van der Waals surface area contributed by atoms with Gasteiger partial charge in [0.15, 0.2) is 6.79 Å². The quantitative estimate of drug-likeness (QED) is 0.420. The highest BCUT2D eigenvalue weighted by Gasteiger charge is 2.16. The third-order valence-corrected chi connectivity index (χ3v) is 4.89. The van der Waals surface area contributed by atoms with Crippen LogP contribution in [0.3, 0.4) is 0 Å². The molecule has 0 bridgehead atoms. The van der Waals surface area contributed by atoms with Crippen LogP contribution in [-0.2, 0) is 11.3 Å². The number of ether oxygens (including phenoxy) is 3. The van der Waals surface area contributed by atoms with Crippen molar-refractivity contribution in [2.75, 3.05) is 13.9 Å². The number of carboxylic acids is 1. The Kier molecular flexibility index (Phi) is 6.19. The zero-order valence-corrected chi connectivity index (χ0v) is 17.4. The molecule has 7 nitrogen and oxygen atoms in total. The summed E-state index contributed by atoms with van der Waals surface area (Å²) in [4.78, 5) is 24.4. The fraction of sp³-hybridized carbons (Fsp3) is 0.120. The highest BCUT2D eigenvalue weighted by molar-refractivity contribution is 5.93. The van der Waals surface area contributed by atoms with Gasteiger partial charge in [0, 0.05) is 36.5 Å². The number of methoxy groups -OCH3 is 1. The minimum Gasteiger partial charge on any atom is -0.489 e. The predicted octanol–water partition coefficient (Wildman–Crippen LogP) is 4.25. The van der Waals surface area contributed by atoms with Crippen molar-refractivity contribution in [1.29, 1.82) is 0 Å². The molecule has 0 saturated carbocycles. The molecule has 0 radical (unpaired) electrons. The Balaban J connectivity index is 1.79. The maximum atomic E-state index is 12.7. The molecule has 32 heavy (non-hydrogen) atoms. The Morgan fingerprint density at radius 2 is 1.72 bits per heavy atom. The minimum atomic E-state index is -1.29. The first kappa shape index (κ1) is 21.1. The van der Waals surface area contributed by atoms with Gasteiger partial charge < -0.3 is 23.9 Å². The van der Waals surface area contributed by atoms with Gasteiger partial charge in [-0.05, 0) is 29.8 Å². The fourth-order valence-electron chi connectivity index (χ4n) is 3.35. The van der Waals surface area contributed by atoms with E-state index in [9.17, 15) is 14.7 Å². The van der Waals surface area contributed by atoms with E-state index in [1.165, 1.54) is 13.3 Å². The zero-order chi connectivity index (χ0) is 22.5. The van der Waals surface area contributed by atoms with E-state index in [0.717, 1.165) is 5.56 Å². The van der Waals surface area contributed by atoms with Crippen molar-refractivity contribution in [3.05, 3.63) is 100 Å². The van der Waals surface area contributed by atoms with Crippen LogP contribution in [0.4, 0.5) is 0 Å². The molecule has 0 aliphatic rings. The molecular weight excluding hydrogens is 410 g/mol. The average Bonchev–Trinajstić information content (AvgIpc) is 2.82. The molecule has 1 heterocycles. The fourth-order valence-corrected chi connectivity index (χ4v) is 3.35. The van der Waals surface area contributed by atoms with Crippen LogP contribution < -0.4 is 14.9 Å². The van der Waals surface area contributed by atoms with Gasteiger partial charge in [-0.3, -0.25) is 4.79 Å². The number of rotatable bonds is 8. The Morgan fingerprint density at radius 3 is 2.47 bits per heavy atom. The van der Waals surface area contributed by atoms with E-state index in [1.807, 2.05) is 48.5 Å². The van der Waals surface area contributed by atoms with Crippen molar-refractivity contribution in [3.8, 4) is 17.2 Å². The highest BCUT2D eigenvalue weighted by atomic mass is 16.7. The third-order valence-electron chi connectivity index (χ3n) is 4.89. The van der Waals surface area contributed by atoms with E-state index >= 15 is 0 Å². The first-order valence-corrected chi connectivity index (χ1v) is 9.88. The number of fused-ring (bicyclic) bond motifs is 1. The first-order valence-electron chi connectivity index (χ1n) is 9.88. The van der Waals surface area contributed by atoms with Gasteiger partial charge in [0.25, 0.3) is 0 Å². The Morgan fingerprint density at radius 1 is 0.938 bits per heavy atom. The summed E-state index contributed by atoms with van der Waals surface area (Å²) >= 11 is 0. The summed E-state index contributed by atoms with van der Waals surface area (Å²) in [6, 6.07) is 21.9. The number of carboxylic acid groups (broad SMARTS) is 1. The monoisotopic (exact) mass is 431 g/mol. The summed E-state index contributed by atoms with van der Waals surface area (Å²) in [5, 5.41) is 9.82. The van der Waals surface area contributed by atoms with Crippen LogP contribution in [0.1, 0.15) is 15.9 Å². The summed E-state index contributed by atoms with van der Waals surface area (Å²) in [5.41, 5.74) is 1.30. The molecule has 1 aromatic heterocycles. The van der Waals surface area contributed by atoms with Gasteiger partial charge in [0.05, 0.1) is 5.52 Å². The maximum Gasteiger partial charge on any atom is 0.341 e. The Bertz CT molecular complexity index is 1310. The summed E-state index contributed by atoms with van der Waals surface area (Å²) in [7, 11) is 1.51. The van der Waals surface area contributed by atoms with E-state index in [0.29, 0.717) is 29.3 Å². The molecule has 0 aliphatic carbocycles. The first-order chi connectivity index (χ1) is 15.6. The van der Waals surface area contributed by atoms with Crippen LogP contribution in [0.15, 0.2) is 83.8 Å². The Labute approximate surface area is 184 Å². The van der Waals surface area contributed by atoms with Crippen LogP contribution in [0.2, 0.25) is 0 Å². The van der Waals surface area contributed by atoms with E-state index in [-0.39, 0.29) is 17.7 Å². The van der Waals surface area contributed by atoms with Gasteiger partial charge >= 0.3 is 5.97 Å². The van der Waals surface area contributed by atoms with Crippen LogP contribution >= 0.6 is 0 Å². The number of benzene rings is 3. The molecule has 0 amide bonds. The number of nitrogens with zero attached hydrogens (tertiary/aromatic N) is 1. The molecule has 0 spiro atoms. The van der Waals surface area contributed by atoms with Crippen LogP contribution in [0.5, 0.6) is 11.5 Å². The maximum absolute atomic E-state index is 12.7. The number of aromatic carboxylic acids is 1. The van der Waals surface area contributed by atoms with E-state index in [4.69, 9.17) is 14.2 Å². The number of aromatic nitrogens is 1. The normalized spacial score (nSPS) is 10.8. The summed E-state index contributed by atoms with van der Waals surface area (Å²) < 4.78 is 18.0. The summed E-state index contributed by atoms with van der Waals surface area (Å²) in [6.45, 7) is 0.441. The second kappa shape index (κ2) is 9.36. The standard InChI is InChI=1S/C25H21NO6/c1-30-16-32-20-10-11-21-23(13-20)26(14-22(24(21)27)25(28)29)18-8-5-9-19(12-18)31-15-17-6-3-2-4-7-17/h2-14H,15-16H2,1H3,(H,28,29). The lowest BCUT2D eigenvalue weighted by Gasteiger charge is -2.15. The number of hydrogen-bond acceptors (Lipinski definition) is 5. The molecule has 0 aliphatic heterocycles. The zero-order valence-electron chi connectivity index (χ0n) is 17.4. The van der Waals surface area contributed by atoms with Crippen LogP contribution in [0.25, 0.3) is 16.6 Å². The van der Waals surface area contributed by atoms with Gasteiger partial charge in [-0.25, -0.2) is 4.79 Å². The van der Waals surface area contributed by atoms with E-state index in [2.05, 4.69) is 0 Å². The summed E-state index contributed by atoms with van der Waals surface area (Å²) in [6.07, 6.45) is 1.32. The molecule has 0 atom stereocenters. The molecule has 7 heteroatoms. The van der Waals surface area contributed by atoms with Gasteiger partial charge in [0.2, 0.25) is 5.43 Å². The second-order valence-corrected chi connectivity index (χ2v) is 7.05. The van der Waals surface area contributed by atoms with Crippen molar-refractivity contribution in [2.24, 2.45) is 0 Å². The highest BCUT2D eigenvalue weighted by Crippen LogP contribution is 2.25. The lowest BCUT2D eigenvalue weighted by atomic mass is 10.1. The number of hydrogen-bond donors (Lipinski definition) is 1. The van der Waals surface area contributed by atoms with E-state index < -0.39 is 11.4 Å². The topological polar surface area (TPSA) is 87.0 Å². The molecule has 3 aromatic carbocycles. The molecule has 4 aromatic rings. The molecule has 162 valence electrons. The van der Waals surface area contributed by atoms with Gasteiger partial charge in [-0.15, -0.1) is 0 Å². The van der Waals surface area contributed by atoms with Gasteiger partial charge in [0.1, 0.15) is 23.7 Å². The molecule has 0 unspecified atom stereocenters. The van der Waals surface area contributed by atoms with Crippen molar-refractivity contribution in [2.45, 2.75) is 6.61 Å². The number of carbonyl (C=O) groups is 1. The Hall–Kier alpha value is -4.10. The van der Waals surface area contributed by atoms with Gasteiger partial charge in [-0.2, -0.15) is 0 Å². The second-order valence-electron chi connectivity index (χ2n) is 7.05. The molecule has 0 saturated heterocycles. The summed E-state index contributed by atoms with van der Waals surface area (Å²) in [5.74, 6) is -0.184. The SMILES string of the molecule is COCOc1ccc2c(=O)c(C(=O)O)cn(-c3cccc(OCc4ccccc4)c3)c2c1. The predicted molar refractivity (Wildman–Crippen MR) is 120 cm³/mol. The largest absolute Gasteiger partial charge is 0.489 e. The molecular formula is C25H21NO6. The molecule has 1 N–H and O–H groups in total. The number of pyridine rings is 1. The lowest BCUT2D eigenvalue weighted by molar-refractivity contribution is 0.0512. The smallest absolute Gasteiger partial charge is 0.341 e. The average molecular weight is 431 g/mol. The van der Waals surface area contributed by atoms with Crippen molar-refractivity contribution in [1.82, 2.24) is 4.57 Å². The van der Waals surface area contributed by atoms with Gasteiger partial charge in [-0.1, -0.05) is 36.4 Å². The van der Waals surface area contributed by atoms with Crippen molar-refractivity contribution in [3.63, 3.8) is 0 Å². The lowest BCUT2D eigenvalue weighted by Crippen LogP contribution is -2.18. The van der Waals surface area contributed by atoms with Crippen LogP contribution in [0, 0.1) is 0 Å².